The van der Waals surface area contributed by atoms with Crippen molar-refractivity contribution >= 4 is 21.9 Å². The molecule has 0 aliphatic rings. The van der Waals surface area contributed by atoms with E-state index in [1.54, 1.807) is 0 Å². The number of esters is 1. The van der Waals surface area contributed by atoms with Crippen LogP contribution in [-0.2, 0) is 14.9 Å². The third-order valence-electron chi connectivity index (χ3n) is 2.17. The highest BCUT2D eigenvalue weighted by Gasteiger charge is 2.00. The molecule has 1 aromatic heterocycles. The van der Waals surface area contributed by atoms with Gasteiger partial charge in [-0.25, -0.2) is 4.98 Å². The van der Waals surface area contributed by atoms with Gasteiger partial charge in [-0.2, -0.15) is 0 Å². The number of hydrogen-bond acceptors (Lipinski definition) is 4. The lowest BCUT2D eigenvalue weighted by Gasteiger charge is -2.05. The van der Waals surface area contributed by atoms with Gasteiger partial charge in [0.05, 0.1) is 19.4 Å². The van der Waals surface area contributed by atoms with Gasteiger partial charge >= 0.3 is 5.97 Å². The molecule has 0 bridgehead atoms. The maximum absolute atomic E-state index is 10.8. The number of ether oxygens (including phenoxy) is 2. The summed E-state index contributed by atoms with van der Waals surface area (Å²) >= 11 is 3.34. The SMILES string of the molecule is COC(=O)CCCCOc1cccc(CBr)n1. The van der Waals surface area contributed by atoms with Crippen LogP contribution in [0.2, 0.25) is 0 Å². The molecule has 0 aromatic carbocycles. The zero-order valence-corrected chi connectivity index (χ0v) is 11.4. The first-order valence-corrected chi connectivity index (χ1v) is 6.60. The molecule has 0 aliphatic heterocycles. The van der Waals surface area contributed by atoms with Crippen LogP contribution in [0.1, 0.15) is 25.0 Å². The first-order valence-electron chi connectivity index (χ1n) is 5.47. The second-order valence-corrected chi connectivity index (χ2v) is 4.04. The smallest absolute Gasteiger partial charge is 0.305 e. The lowest BCUT2D eigenvalue weighted by Crippen LogP contribution is -2.03. The molecular weight excluding hydrogens is 286 g/mol. The Morgan fingerprint density at radius 2 is 2.24 bits per heavy atom. The Hall–Kier alpha value is -1.10. The normalized spacial score (nSPS) is 10.0. The molecule has 17 heavy (non-hydrogen) atoms. The number of nitrogens with zero attached hydrogens (tertiary/aromatic N) is 1. The van der Waals surface area contributed by atoms with Gasteiger partial charge in [-0.15, -0.1) is 0 Å². The summed E-state index contributed by atoms with van der Waals surface area (Å²) in [6, 6.07) is 5.67. The highest BCUT2D eigenvalue weighted by Crippen LogP contribution is 2.10. The molecule has 94 valence electrons. The third kappa shape index (κ3) is 5.68. The maximum Gasteiger partial charge on any atom is 0.305 e. The molecule has 1 aromatic rings. The van der Waals surface area contributed by atoms with Gasteiger partial charge in [0, 0.05) is 17.8 Å². The van der Waals surface area contributed by atoms with E-state index in [0.717, 1.165) is 18.5 Å². The molecule has 0 atom stereocenters. The molecule has 1 rings (SSSR count). The highest BCUT2D eigenvalue weighted by molar-refractivity contribution is 9.08. The van der Waals surface area contributed by atoms with Gasteiger partial charge in [0.15, 0.2) is 0 Å². The number of pyridine rings is 1. The topological polar surface area (TPSA) is 48.4 Å². The fourth-order valence-electron chi connectivity index (χ4n) is 1.26. The Morgan fingerprint density at radius 1 is 1.41 bits per heavy atom. The average Bonchev–Trinajstić information content (AvgIpc) is 2.38. The third-order valence-corrected chi connectivity index (χ3v) is 2.75. The van der Waals surface area contributed by atoms with E-state index in [-0.39, 0.29) is 5.97 Å². The molecular formula is C12H16BrNO3. The fraction of sp³-hybridized carbons (Fsp3) is 0.500. The molecule has 0 N–H and O–H groups in total. The van der Waals surface area contributed by atoms with Gasteiger partial charge in [-0.3, -0.25) is 4.79 Å². The zero-order chi connectivity index (χ0) is 12.5. The van der Waals surface area contributed by atoms with Crippen molar-refractivity contribution in [2.24, 2.45) is 0 Å². The minimum absolute atomic E-state index is 0.176. The van der Waals surface area contributed by atoms with E-state index < -0.39 is 0 Å². The number of halogens is 1. The van der Waals surface area contributed by atoms with E-state index in [0.29, 0.717) is 24.2 Å². The minimum Gasteiger partial charge on any atom is -0.478 e. The Balaban J connectivity index is 2.19. The molecule has 0 fully saturated rings. The van der Waals surface area contributed by atoms with Crippen LogP contribution >= 0.6 is 15.9 Å². The predicted octanol–water partition coefficient (Wildman–Crippen LogP) is 2.70. The van der Waals surface area contributed by atoms with Crippen molar-refractivity contribution in [2.75, 3.05) is 13.7 Å². The van der Waals surface area contributed by atoms with E-state index in [9.17, 15) is 4.79 Å². The largest absolute Gasteiger partial charge is 0.478 e. The monoisotopic (exact) mass is 301 g/mol. The number of rotatable bonds is 7. The number of unbranched alkanes of at least 4 members (excludes halogenated alkanes) is 1. The van der Waals surface area contributed by atoms with Gasteiger partial charge < -0.3 is 9.47 Å². The summed E-state index contributed by atoms with van der Waals surface area (Å²) in [7, 11) is 1.40. The Morgan fingerprint density at radius 3 is 2.94 bits per heavy atom. The van der Waals surface area contributed by atoms with Crippen LogP contribution in [0.25, 0.3) is 0 Å². The Kier molecular flexibility index (Phi) is 6.62. The van der Waals surface area contributed by atoms with Crippen molar-refractivity contribution < 1.29 is 14.3 Å². The summed E-state index contributed by atoms with van der Waals surface area (Å²) in [5, 5.41) is 0.715. The number of alkyl halides is 1. The molecule has 0 spiro atoms. The average molecular weight is 302 g/mol. The molecule has 0 saturated heterocycles. The Bertz CT molecular complexity index is 357. The van der Waals surface area contributed by atoms with Crippen molar-refractivity contribution in [1.29, 1.82) is 0 Å². The quantitative estimate of drug-likeness (QED) is 0.441. The van der Waals surface area contributed by atoms with Crippen molar-refractivity contribution in [2.45, 2.75) is 24.6 Å². The molecule has 5 heteroatoms. The van der Waals surface area contributed by atoms with Gasteiger partial charge in [-0.05, 0) is 18.9 Å². The van der Waals surface area contributed by atoms with Crippen LogP contribution in [0.15, 0.2) is 18.2 Å². The van der Waals surface area contributed by atoms with E-state index >= 15 is 0 Å². The van der Waals surface area contributed by atoms with Crippen LogP contribution in [0.4, 0.5) is 0 Å². The van der Waals surface area contributed by atoms with Gasteiger partial charge in [0.2, 0.25) is 5.88 Å². The number of methoxy groups -OCH3 is 1. The fourth-order valence-corrected chi connectivity index (χ4v) is 1.57. The Labute approximate surface area is 109 Å². The van der Waals surface area contributed by atoms with Crippen molar-refractivity contribution in [3.05, 3.63) is 23.9 Å². The van der Waals surface area contributed by atoms with Crippen LogP contribution < -0.4 is 4.74 Å². The molecule has 0 amide bonds. The summed E-state index contributed by atoms with van der Waals surface area (Å²) in [4.78, 5) is 15.1. The summed E-state index contributed by atoms with van der Waals surface area (Å²) in [6.45, 7) is 0.565. The van der Waals surface area contributed by atoms with E-state index in [2.05, 4.69) is 25.7 Å². The second kappa shape index (κ2) is 8.06. The van der Waals surface area contributed by atoms with Crippen molar-refractivity contribution in [1.82, 2.24) is 4.98 Å². The summed E-state index contributed by atoms with van der Waals surface area (Å²) in [5.74, 6) is 0.449. The van der Waals surface area contributed by atoms with Crippen LogP contribution in [-0.4, -0.2) is 24.7 Å². The molecule has 0 aliphatic carbocycles. The van der Waals surface area contributed by atoms with Crippen LogP contribution in [0.3, 0.4) is 0 Å². The number of carbonyl (C=O) groups is 1. The van der Waals surface area contributed by atoms with Crippen molar-refractivity contribution in [3.63, 3.8) is 0 Å². The molecule has 0 radical (unpaired) electrons. The summed E-state index contributed by atoms with van der Waals surface area (Å²) in [6.07, 6.45) is 2.02. The predicted molar refractivity (Wildman–Crippen MR) is 68.2 cm³/mol. The van der Waals surface area contributed by atoms with E-state index in [4.69, 9.17) is 4.74 Å². The van der Waals surface area contributed by atoms with Crippen molar-refractivity contribution in [3.8, 4) is 5.88 Å². The number of hydrogen-bond donors (Lipinski definition) is 0. The highest BCUT2D eigenvalue weighted by atomic mass is 79.9. The lowest BCUT2D eigenvalue weighted by molar-refractivity contribution is -0.140. The maximum atomic E-state index is 10.8. The molecule has 0 saturated carbocycles. The lowest BCUT2D eigenvalue weighted by atomic mass is 10.2. The number of carbonyl (C=O) groups excluding carboxylic acids is 1. The minimum atomic E-state index is -0.176. The summed E-state index contributed by atoms with van der Waals surface area (Å²) in [5.41, 5.74) is 0.942. The van der Waals surface area contributed by atoms with Crippen LogP contribution in [0, 0.1) is 0 Å². The molecule has 4 nitrogen and oxygen atoms in total. The first-order chi connectivity index (χ1) is 8.26. The second-order valence-electron chi connectivity index (χ2n) is 3.48. The number of aromatic nitrogens is 1. The van der Waals surface area contributed by atoms with Crippen LogP contribution in [0.5, 0.6) is 5.88 Å². The van der Waals surface area contributed by atoms with Gasteiger partial charge in [0.25, 0.3) is 0 Å². The zero-order valence-electron chi connectivity index (χ0n) is 9.82. The first kappa shape index (κ1) is 14.0. The molecule has 1 heterocycles. The van der Waals surface area contributed by atoms with E-state index in [1.165, 1.54) is 7.11 Å². The standard InChI is InChI=1S/C12H16BrNO3/c1-16-12(15)7-2-3-8-17-11-6-4-5-10(9-13)14-11/h4-6H,2-3,7-9H2,1H3. The summed E-state index contributed by atoms with van der Waals surface area (Å²) < 4.78 is 10.0. The molecule has 0 unspecified atom stereocenters. The van der Waals surface area contributed by atoms with Gasteiger partial charge in [0.1, 0.15) is 0 Å². The van der Waals surface area contributed by atoms with Gasteiger partial charge in [-0.1, -0.05) is 22.0 Å². The van der Waals surface area contributed by atoms with E-state index in [1.807, 2.05) is 18.2 Å².